The zero-order valence-electron chi connectivity index (χ0n) is 13.3. The first-order valence-corrected chi connectivity index (χ1v) is 7.06. The molecule has 0 atom stereocenters. The summed E-state index contributed by atoms with van der Waals surface area (Å²) in [7, 11) is 1.13. The number of benzene rings is 2. The van der Waals surface area contributed by atoms with Gasteiger partial charge in [-0.1, -0.05) is 0 Å². The Kier molecular flexibility index (Phi) is 5.78. The number of carbonyl (C=O) groups excluding carboxylic acids is 2. The number of rotatable bonds is 6. The summed E-state index contributed by atoms with van der Waals surface area (Å²) < 4.78 is 36.1. The Bertz CT molecular complexity index is 872. The van der Waals surface area contributed by atoms with E-state index in [1.165, 1.54) is 6.07 Å². The van der Waals surface area contributed by atoms with E-state index >= 15 is 0 Å². The third-order valence-corrected chi connectivity index (χ3v) is 3.14. The first-order valence-electron chi connectivity index (χ1n) is 7.06. The summed E-state index contributed by atoms with van der Waals surface area (Å²) in [5, 5.41) is 13.1. The molecule has 8 nitrogen and oxygen atoms in total. The molecule has 0 heterocycles. The van der Waals surface area contributed by atoms with Gasteiger partial charge in [-0.25, -0.2) is 13.6 Å². The second kappa shape index (κ2) is 8.01. The largest absolute Gasteiger partial charge is 0.477 e. The number of nitro benzene ring substituents is 1. The Morgan fingerprint density at radius 3 is 2.58 bits per heavy atom. The van der Waals surface area contributed by atoms with Crippen molar-refractivity contribution in [3.63, 3.8) is 0 Å². The smallest absolute Gasteiger partial charge is 0.337 e. The lowest BCUT2D eigenvalue weighted by atomic mass is 10.2. The van der Waals surface area contributed by atoms with Crippen molar-refractivity contribution in [2.24, 2.45) is 0 Å². The van der Waals surface area contributed by atoms with Gasteiger partial charge in [0.1, 0.15) is 11.6 Å². The van der Waals surface area contributed by atoms with Crippen LogP contribution in [0, 0.1) is 21.7 Å². The van der Waals surface area contributed by atoms with Crippen molar-refractivity contribution >= 4 is 23.3 Å². The first kappa shape index (κ1) is 18.8. The van der Waals surface area contributed by atoms with Gasteiger partial charge in [-0.3, -0.25) is 14.9 Å². The zero-order chi connectivity index (χ0) is 19.3. The van der Waals surface area contributed by atoms with Gasteiger partial charge in [-0.15, -0.1) is 0 Å². The highest BCUT2D eigenvalue weighted by molar-refractivity contribution is 5.92. The average molecular weight is 366 g/mol. The second-order valence-corrected chi connectivity index (χ2v) is 4.89. The highest BCUT2D eigenvalue weighted by atomic mass is 19.1. The molecular weight excluding hydrogens is 354 g/mol. The Balaban J connectivity index is 2.14. The van der Waals surface area contributed by atoms with Crippen LogP contribution in [-0.4, -0.2) is 30.5 Å². The van der Waals surface area contributed by atoms with Crippen LogP contribution in [0.4, 0.5) is 20.2 Å². The molecule has 0 fully saturated rings. The van der Waals surface area contributed by atoms with Crippen molar-refractivity contribution in [3.8, 4) is 5.75 Å². The van der Waals surface area contributed by atoms with E-state index in [1.807, 2.05) is 0 Å². The minimum Gasteiger partial charge on any atom is -0.477 e. The molecule has 0 saturated heterocycles. The van der Waals surface area contributed by atoms with Crippen LogP contribution in [0.1, 0.15) is 10.4 Å². The van der Waals surface area contributed by atoms with Gasteiger partial charge in [-0.05, 0) is 18.2 Å². The highest BCUT2D eigenvalue weighted by Crippen LogP contribution is 2.28. The lowest BCUT2D eigenvalue weighted by Crippen LogP contribution is -2.21. The molecule has 0 bridgehead atoms. The average Bonchev–Trinajstić information content (AvgIpc) is 2.62. The molecule has 0 saturated carbocycles. The minimum absolute atomic E-state index is 0.0234. The molecule has 136 valence electrons. The van der Waals surface area contributed by atoms with E-state index in [0.717, 1.165) is 37.4 Å². The predicted octanol–water partition coefficient (Wildman–Crippen LogP) is 2.68. The van der Waals surface area contributed by atoms with E-state index in [9.17, 15) is 28.5 Å². The van der Waals surface area contributed by atoms with Crippen molar-refractivity contribution in [1.82, 2.24) is 0 Å². The van der Waals surface area contributed by atoms with Crippen molar-refractivity contribution in [2.45, 2.75) is 0 Å². The number of ether oxygens (including phenoxy) is 2. The predicted molar refractivity (Wildman–Crippen MR) is 84.9 cm³/mol. The van der Waals surface area contributed by atoms with Gasteiger partial charge in [0, 0.05) is 18.2 Å². The maximum absolute atomic E-state index is 13.5. The van der Waals surface area contributed by atoms with Crippen molar-refractivity contribution in [3.05, 3.63) is 63.7 Å². The summed E-state index contributed by atoms with van der Waals surface area (Å²) in [6.07, 6.45) is 0. The molecule has 2 aromatic carbocycles. The van der Waals surface area contributed by atoms with E-state index in [2.05, 4.69) is 10.1 Å². The molecule has 0 aliphatic rings. The summed E-state index contributed by atoms with van der Waals surface area (Å²) in [5.41, 5.74) is -0.913. The first-order chi connectivity index (χ1) is 12.3. The molecule has 1 amide bonds. The van der Waals surface area contributed by atoms with Gasteiger partial charge in [0.25, 0.3) is 5.91 Å². The number of hydrogen-bond acceptors (Lipinski definition) is 6. The lowest BCUT2D eigenvalue weighted by molar-refractivity contribution is -0.385. The standard InChI is InChI=1S/C16H12F2N2O6/c1-25-16(22)9-2-5-13(20(23)24)14(6-9)26-8-15(21)19-12-7-10(17)3-4-11(12)18/h2-7H,8H2,1H3,(H,19,21). The molecule has 10 heteroatoms. The molecule has 26 heavy (non-hydrogen) atoms. The van der Waals surface area contributed by atoms with Crippen LogP contribution in [-0.2, 0) is 9.53 Å². The summed E-state index contributed by atoms with van der Waals surface area (Å²) in [5.74, 6) is -3.61. The molecule has 0 unspecified atom stereocenters. The third kappa shape index (κ3) is 4.50. The second-order valence-electron chi connectivity index (χ2n) is 4.89. The topological polar surface area (TPSA) is 108 Å². The van der Waals surface area contributed by atoms with Crippen molar-refractivity contribution in [2.75, 3.05) is 19.0 Å². The maximum atomic E-state index is 13.5. The monoisotopic (exact) mass is 366 g/mol. The van der Waals surface area contributed by atoms with E-state index in [0.29, 0.717) is 0 Å². The van der Waals surface area contributed by atoms with Gasteiger partial charge < -0.3 is 14.8 Å². The van der Waals surface area contributed by atoms with E-state index < -0.39 is 46.4 Å². The minimum atomic E-state index is -0.882. The number of carbonyl (C=O) groups is 2. The van der Waals surface area contributed by atoms with E-state index in [1.54, 1.807) is 0 Å². The maximum Gasteiger partial charge on any atom is 0.337 e. The van der Waals surface area contributed by atoms with E-state index in [-0.39, 0.29) is 11.3 Å². The number of nitrogens with zero attached hydrogens (tertiary/aromatic N) is 1. The van der Waals surface area contributed by atoms with Crippen LogP contribution in [0.5, 0.6) is 5.75 Å². The molecular formula is C16H12F2N2O6. The SMILES string of the molecule is COC(=O)c1ccc([N+](=O)[O-])c(OCC(=O)Nc2cc(F)ccc2F)c1. The Labute approximate surface area is 145 Å². The number of amides is 1. The van der Waals surface area contributed by atoms with Gasteiger partial charge >= 0.3 is 11.7 Å². The quantitative estimate of drug-likeness (QED) is 0.478. The zero-order valence-corrected chi connectivity index (χ0v) is 13.3. The number of esters is 1. The number of hydrogen-bond donors (Lipinski definition) is 1. The Morgan fingerprint density at radius 2 is 1.92 bits per heavy atom. The van der Waals surface area contributed by atoms with Crippen LogP contribution >= 0.6 is 0 Å². The molecule has 0 spiro atoms. The van der Waals surface area contributed by atoms with Crippen molar-refractivity contribution < 1.29 is 32.8 Å². The number of anilines is 1. The number of halogens is 2. The number of methoxy groups -OCH3 is 1. The molecule has 1 N–H and O–H groups in total. The van der Waals surface area contributed by atoms with Crippen LogP contribution in [0.25, 0.3) is 0 Å². The van der Waals surface area contributed by atoms with Crippen molar-refractivity contribution in [1.29, 1.82) is 0 Å². The summed E-state index contributed by atoms with van der Waals surface area (Å²) in [4.78, 5) is 33.6. The fourth-order valence-corrected chi connectivity index (χ4v) is 1.95. The van der Waals surface area contributed by atoms with Crippen LogP contribution < -0.4 is 10.1 Å². The number of nitrogens with one attached hydrogen (secondary N) is 1. The molecule has 2 rings (SSSR count). The van der Waals surface area contributed by atoms with Gasteiger partial charge in [0.2, 0.25) is 0 Å². The van der Waals surface area contributed by atoms with Crippen LogP contribution in [0.15, 0.2) is 36.4 Å². The van der Waals surface area contributed by atoms with Crippen LogP contribution in [0.3, 0.4) is 0 Å². The fourth-order valence-electron chi connectivity index (χ4n) is 1.95. The summed E-state index contributed by atoms with van der Waals surface area (Å²) in [6.45, 7) is -0.735. The highest BCUT2D eigenvalue weighted by Gasteiger charge is 2.20. The van der Waals surface area contributed by atoms with E-state index in [4.69, 9.17) is 4.74 Å². The Morgan fingerprint density at radius 1 is 1.19 bits per heavy atom. The summed E-state index contributed by atoms with van der Waals surface area (Å²) in [6, 6.07) is 5.71. The third-order valence-electron chi connectivity index (χ3n) is 3.14. The van der Waals surface area contributed by atoms with Gasteiger partial charge in [0.15, 0.2) is 12.4 Å². The lowest BCUT2D eigenvalue weighted by Gasteiger charge is -2.09. The number of nitro groups is 1. The van der Waals surface area contributed by atoms with Crippen LogP contribution in [0.2, 0.25) is 0 Å². The molecule has 2 aromatic rings. The van der Waals surface area contributed by atoms with Gasteiger partial charge in [-0.2, -0.15) is 0 Å². The molecule has 0 aliphatic carbocycles. The van der Waals surface area contributed by atoms with Gasteiger partial charge in [0.05, 0.1) is 23.3 Å². The fraction of sp³-hybridized carbons (Fsp3) is 0.125. The molecule has 0 aliphatic heterocycles. The normalized spacial score (nSPS) is 10.1. The molecule has 0 radical (unpaired) electrons. The summed E-state index contributed by atoms with van der Waals surface area (Å²) >= 11 is 0. The molecule has 0 aromatic heterocycles. The Hall–Kier alpha value is -3.56.